The maximum atomic E-state index is 14.2. The van der Waals surface area contributed by atoms with E-state index in [4.69, 9.17) is 0 Å². The predicted octanol–water partition coefficient (Wildman–Crippen LogP) is 3.09. The lowest BCUT2D eigenvalue weighted by molar-refractivity contribution is 0.0442. The average molecular weight is 311 g/mol. The molecule has 5 heteroatoms. The molecule has 0 bridgehead atoms. The summed E-state index contributed by atoms with van der Waals surface area (Å²) >= 11 is 0. The van der Waals surface area contributed by atoms with Gasteiger partial charge in [0.05, 0.1) is 5.69 Å². The van der Waals surface area contributed by atoms with Gasteiger partial charge in [-0.25, -0.2) is 14.0 Å². The number of hydrogen-bond acceptors (Lipinski definition) is 4. The molecule has 4 rings (SSSR count). The topological polar surface area (TPSA) is 46.6 Å². The van der Waals surface area contributed by atoms with Gasteiger partial charge in [0.15, 0.2) is 0 Å². The number of anilines is 1. The van der Waals surface area contributed by atoms with E-state index in [1.807, 2.05) is 35.2 Å². The molecule has 0 saturated carbocycles. The third-order valence-corrected chi connectivity index (χ3v) is 4.33. The van der Waals surface area contributed by atoms with Gasteiger partial charge >= 0.3 is 11.9 Å². The molecular formula is C18H14FNO3. The smallest absolute Gasteiger partial charge is 0.349 e. The zero-order valence-electron chi connectivity index (χ0n) is 12.3. The maximum Gasteiger partial charge on any atom is 0.349 e. The van der Waals surface area contributed by atoms with Gasteiger partial charge in [-0.05, 0) is 30.0 Å². The number of halogens is 1. The van der Waals surface area contributed by atoms with Crippen molar-refractivity contribution in [2.75, 3.05) is 11.4 Å². The first-order valence-corrected chi connectivity index (χ1v) is 7.56. The number of hydrogen-bond donors (Lipinski definition) is 0. The highest BCUT2D eigenvalue weighted by Crippen LogP contribution is 2.39. The van der Waals surface area contributed by atoms with E-state index in [1.54, 1.807) is 0 Å². The SMILES string of the molecule is O=C1OC(=O)c2c1c(F)cc1c2N(Cc2ccccc2)CCC1. The highest BCUT2D eigenvalue weighted by Gasteiger charge is 2.39. The zero-order valence-corrected chi connectivity index (χ0v) is 12.3. The Bertz CT molecular complexity index is 817. The number of esters is 2. The fraction of sp³-hybridized carbons (Fsp3) is 0.222. The number of nitrogens with zero attached hydrogens (tertiary/aromatic N) is 1. The summed E-state index contributed by atoms with van der Waals surface area (Å²) in [6, 6.07) is 11.2. The fourth-order valence-electron chi connectivity index (χ4n) is 3.36. The average Bonchev–Trinajstić information content (AvgIpc) is 2.84. The summed E-state index contributed by atoms with van der Waals surface area (Å²) in [6.45, 7) is 1.36. The highest BCUT2D eigenvalue weighted by atomic mass is 19.1. The Morgan fingerprint density at radius 2 is 1.83 bits per heavy atom. The van der Waals surface area contributed by atoms with Gasteiger partial charge < -0.3 is 9.64 Å². The van der Waals surface area contributed by atoms with Crippen LogP contribution in [0.25, 0.3) is 0 Å². The highest BCUT2D eigenvalue weighted by molar-refractivity contribution is 6.18. The first kappa shape index (κ1) is 13.9. The molecule has 0 amide bonds. The molecule has 0 N–H and O–H groups in total. The Morgan fingerprint density at radius 1 is 1.09 bits per heavy atom. The Balaban J connectivity index is 1.84. The molecule has 0 aromatic heterocycles. The lowest BCUT2D eigenvalue weighted by Crippen LogP contribution is -2.31. The van der Waals surface area contributed by atoms with Crippen LogP contribution in [0, 0.1) is 5.82 Å². The van der Waals surface area contributed by atoms with E-state index in [-0.39, 0.29) is 11.1 Å². The number of carbonyl (C=O) groups excluding carboxylic acids is 2. The van der Waals surface area contributed by atoms with Gasteiger partial charge in [0.1, 0.15) is 16.9 Å². The van der Waals surface area contributed by atoms with Crippen LogP contribution in [0.3, 0.4) is 0 Å². The molecule has 0 atom stereocenters. The van der Waals surface area contributed by atoms with Gasteiger partial charge in [-0.2, -0.15) is 0 Å². The van der Waals surface area contributed by atoms with Gasteiger partial charge in [-0.15, -0.1) is 0 Å². The van der Waals surface area contributed by atoms with Crippen molar-refractivity contribution in [2.24, 2.45) is 0 Å². The Labute approximate surface area is 132 Å². The van der Waals surface area contributed by atoms with Gasteiger partial charge in [-0.1, -0.05) is 30.3 Å². The number of benzene rings is 2. The summed E-state index contributed by atoms with van der Waals surface area (Å²) in [5.41, 5.74) is 2.35. The van der Waals surface area contributed by atoms with Crippen LogP contribution in [0.1, 0.15) is 38.3 Å². The summed E-state index contributed by atoms with van der Waals surface area (Å²) in [7, 11) is 0. The van der Waals surface area contributed by atoms with Crippen LogP contribution in [-0.2, 0) is 17.7 Å². The van der Waals surface area contributed by atoms with Crippen LogP contribution in [0.4, 0.5) is 10.1 Å². The van der Waals surface area contributed by atoms with E-state index in [2.05, 4.69) is 4.74 Å². The molecule has 0 saturated heterocycles. The summed E-state index contributed by atoms with van der Waals surface area (Å²) < 4.78 is 18.8. The lowest BCUT2D eigenvalue weighted by Gasteiger charge is -2.32. The molecule has 116 valence electrons. The third-order valence-electron chi connectivity index (χ3n) is 4.33. The molecule has 0 radical (unpaired) electrons. The molecule has 2 aliphatic rings. The van der Waals surface area contributed by atoms with Crippen LogP contribution in [-0.4, -0.2) is 18.5 Å². The number of cyclic esters (lactones) is 2. The van der Waals surface area contributed by atoms with Crippen molar-refractivity contribution in [3.8, 4) is 0 Å². The largest absolute Gasteiger partial charge is 0.386 e. The summed E-state index contributed by atoms with van der Waals surface area (Å²) in [5, 5.41) is 0. The molecule has 2 heterocycles. The van der Waals surface area contributed by atoms with Crippen LogP contribution in [0.15, 0.2) is 36.4 Å². The normalized spacial score (nSPS) is 16.1. The van der Waals surface area contributed by atoms with Gasteiger partial charge in [-0.3, -0.25) is 0 Å². The van der Waals surface area contributed by atoms with Crippen LogP contribution in [0.5, 0.6) is 0 Å². The summed E-state index contributed by atoms with van der Waals surface area (Å²) in [6.07, 6.45) is 1.56. The molecule has 23 heavy (non-hydrogen) atoms. The van der Waals surface area contributed by atoms with E-state index < -0.39 is 17.8 Å². The standard InChI is InChI=1S/C18H14FNO3/c19-13-9-12-7-4-8-20(10-11-5-2-1-3-6-11)16(12)15-14(13)17(21)23-18(15)22/h1-3,5-6,9H,4,7-8,10H2. The quantitative estimate of drug-likeness (QED) is 0.631. The second-order valence-corrected chi connectivity index (χ2v) is 5.80. The van der Waals surface area contributed by atoms with Crippen molar-refractivity contribution in [1.82, 2.24) is 0 Å². The second kappa shape index (κ2) is 5.19. The van der Waals surface area contributed by atoms with E-state index in [0.29, 0.717) is 18.7 Å². The molecule has 0 spiro atoms. The predicted molar refractivity (Wildman–Crippen MR) is 82.0 cm³/mol. The summed E-state index contributed by atoms with van der Waals surface area (Å²) in [4.78, 5) is 25.8. The van der Waals surface area contributed by atoms with Gasteiger partial charge in [0, 0.05) is 13.1 Å². The molecule has 0 unspecified atom stereocenters. The van der Waals surface area contributed by atoms with E-state index in [0.717, 1.165) is 24.1 Å². The maximum absolute atomic E-state index is 14.2. The first-order chi connectivity index (χ1) is 11.1. The minimum Gasteiger partial charge on any atom is -0.386 e. The first-order valence-electron chi connectivity index (χ1n) is 7.56. The Morgan fingerprint density at radius 3 is 2.61 bits per heavy atom. The van der Waals surface area contributed by atoms with E-state index in [1.165, 1.54) is 6.07 Å². The van der Waals surface area contributed by atoms with Crippen LogP contribution >= 0.6 is 0 Å². The van der Waals surface area contributed by atoms with Crippen molar-refractivity contribution in [2.45, 2.75) is 19.4 Å². The monoisotopic (exact) mass is 311 g/mol. The lowest BCUT2D eigenvalue weighted by atomic mass is 9.94. The minimum atomic E-state index is -0.893. The minimum absolute atomic E-state index is 0.0839. The van der Waals surface area contributed by atoms with Crippen molar-refractivity contribution >= 4 is 17.6 Å². The molecule has 4 nitrogen and oxygen atoms in total. The number of carbonyl (C=O) groups is 2. The van der Waals surface area contributed by atoms with Crippen LogP contribution in [0.2, 0.25) is 0 Å². The van der Waals surface area contributed by atoms with Crippen LogP contribution < -0.4 is 4.90 Å². The fourth-order valence-corrected chi connectivity index (χ4v) is 3.36. The van der Waals surface area contributed by atoms with Gasteiger partial charge in [0.2, 0.25) is 0 Å². The van der Waals surface area contributed by atoms with Crippen molar-refractivity contribution in [3.05, 3.63) is 64.5 Å². The molecular weight excluding hydrogens is 297 g/mol. The number of aryl methyl sites for hydroxylation is 1. The van der Waals surface area contributed by atoms with E-state index >= 15 is 0 Å². The molecule has 2 aromatic rings. The number of ether oxygens (including phenoxy) is 1. The number of rotatable bonds is 2. The van der Waals surface area contributed by atoms with E-state index in [9.17, 15) is 14.0 Å². The van der Waals surface area contributed by atoms with Crippen molar-refractivity contribution in [3.63, 3.8) is 0 Å². The number of fused-ring (bicyclic) bond motifs is 3. The summed E-state index contributed by atoms with van der Waals surface area (Å²) in [5.74, 6) is -2.31. The zero-order chi connectivity index (χ0) is 16.0. The Kier molecular flexibility index (Phi) is 3.15. The van der Waals surface area contributed by atoms with Crippen molar-refractivity contribution in [1.29, 1.82) is 0 Å². The molecule has 0 fully saturated rings. The molecule has 0 aliphatic carbocycles. The second-order valence-electron chi connectivity index (χ2n) is 5.80. The molecule has 2 aliphatic heterocycles. The van der Waals surface area contributed by atoms with Crippen molar-refractivity contribution < 1.29 is 18.7 Å². The van der Waals surface area contributed by atoms with Gasteiger partial charge in [0.25, 0.3) is 0 Å². The Hall–Kier alpha value is -2.69. The molecule has 2 aromatic carbocycles. The third kappa shape index (κ3) is 2.20.